The predicted molar refractivity (Wildman–Crippen MR) is 194 cm³/mol. The maximum Gasteiger partial charge on any atom is 0.320 e. The van der Waals surface area contributed by atoms with Crippen molar-refractivity contribution in [3.05, 3.63) is 78.0 Å². The second-order valence-corrected chi connectivity index (χ2v) is 15.9. The molecule has 51 heavy (non-hydrogen) atoms. The van der Waals surface area contributed by atoms with Gasteiger partial charge in [-0.2, -0.15) is 13.5 Å². The highest BCUT2D eigenvalue weighted by atomic mass is 32.2. The number of allylic oxidation sites excluding steroid dienone is 1. The number of piperidine rings is 1. The molecule has 3 aromatic heterocycles. The third-order valence-corrected chi connectivity index (χ3v) is 9.68. The lowest BCUT2D eigenvalue weighted by Gasteiger charge is -2.32. The van der Waals surface area contributed by atoms with E-state index in [9.17, 15) is 13.2 Å². The number of nitrogens with zero attached hydrogens (tertiary/aromatic N) is 6. The Kier molecular flexibility index (Phi) is 10.3. The average molecular weight is 719 g/mol. The number of nitrogens with one attached hydrogen (secondary N) is 4. The van der Waals surface area contributed by atoms with Gasteiger partial charge in [0.15, 0.2) is 5.65 Å². The summed E-state index contributed by atoms with van der Waals surface area (Å²) >= 11 is 0. The lowest BCUT2D eigenvalue weighted by atomic mass is 9.85. The minimum absolute atomic E-state index is 0.162. The number of carbonyl (C=O) groups excluding carboxylic acids is 1. The Labute approximate surface area is 298 Å². The number of aromatic nitrogens is 5. The van der Waals surface area contributed by atoms with Crippen LogP contribution in [0.25, 0.3) is 5.65 Å². The molecule has 1 aliphatic heterocycles. The number of urea groups is 1. The van der Waals surface area contributed by atoms with Gasteiger partial charge in [0.1, 0.15) is 17.7 Å². The lowest BCUT2D eigenvalue weighted by molar-refractivity contribution is 0.171. The van der Waals surface area contributed by atoms with E-state index in [0.29, 0.717) is 60.5 Å². The van der Waals surface area contributed by atoms with Crippen molar-refractivity contribution in [3.63, 3.8) is 0 Å². The van der Waals surface area contributed by atoms with Crippen LogP contribution in [0.4, 0.5) is 16.4 Å². The zero-order valence-corrected chi connectivity index (χ0v) is 30.4. The van der Waals surface area contributed by atoms with Crippen LogP contribution in [0.15, 0.2) is 66.9 Å². The fraction of sp³-hybridized carbons (Fsp3) is 0.457. The summed E-state index contributed by atoms with van der Waals surface area (Å²) in [5, 5.41) is 30.7. The van der Waals surface area contributed by atoms with Crippen LogP contribution in [-0.4, -0.2) is 70.5 Å². The number of aryl methyl sites for hydroxylation is 1. The molecule has 4 N–H and O–H groups in total. The quantitative estimate of drug-likeness (QED) is 0.123. The SMILES string of the molecule is Cn1cc(N/C(=C\C(=N)C(C)(C)C)NC(=O)N[C@H]2CC[C@@H](Oc3ccc4nnc(N5CCC(COS(C)(=O)=O)CC5)n4c3)c3ccccc32)cn1. The van der Waals surface area contributed by atoms with Crippen molar-refractivity contribution in [3.8, 4) is 5.75 Å². The van der Waals surface area contributed by atoms with E-state index >= 15 is 0 Å². The van der Waals surface area contributed by atoms with Gasteiger partial charge >= 0.3 is 6.03 Å². The first-order chi connectivity index (χ1) is 24.2. The van der Waals surface area contributed by atoms with E-state index in [1.54, 1.807) is 23.2 Å². The summed E-state index contributed by atoms with van der Waals surface area (Å²) in [6.07, 6.45) is 10.7. The van der Waals surface area contributed by atoms with Crippen LogP contribution in [-0.2, 0) is 21.3 Å². The van der Waals surface area contributed by atoms with Gasteiger partial charge in [0, 0.05) is 43.5 Å². The zero-order chi connectivity index (χ0) is 36.3. The van der Waals surface area contributed by atoms with E-state index in [1.165, 1.54) is 0 Å². The van der Waals surface area contributed by atoms with E-state index in [0.717, 1.165) is 30.2 Å². The Hall–Kier alpha value is -4.96. The van der Waals surface area contributed by atoms with Crippen molar-refractivity contribution < 1.29 is 22.1 Å². The van der Waals surface area contributed by atoms with Gasteiger partial charge in [-0.25, -0.2) is 4.79 Å². The van der Waals surface area contributed by atoms with Gasteiger partial charge in [0.05, 0.1) is 37.0 Å². The molecule has 1 saturated heterocycles. The number of hydrogen-bond acceptors (Lipinski definition) is 11. The summed E-state index contributed by atoms with van der Waals surface area (Å²) in [6, 6.07) is 11.1. The van der Waals surface area contributed by atoms with Crippen LogP contribution in [0.5, 0.6) is 5.75 Å². The van der Waals surface area contributed by atoms with Crippen molar-refractivity contribution >= 4 is 39.1 Å². The number of pyridine rings is 1. The molecule has 6 rings (SSSR count). The van der Waals surface area contributed by atoms with Crippen molar-refractivity contribution in [2.45, 2.75) is 58.6 Å². The molecule has 0 unspecified atom stereocenters. The van der Waals surface area contributed by atoms with E-state index < -0.39 is 21.6 Å². The molecule has 2 amide bonds. The summed E-state index contributed by atoms with van der Waals surface area (Å²) < 4.78 is 38.0. The van der Waals surface area contributed by atoms with Crippen molar-refractivity contribution in [2.75, 3.05) is 36.2 Å². The Bertz CT molecular complexity index is 2020. The summed E-state index contributed by atoms with van der Waals surface area (Å²) in [7, 11) is -1.65. The first-order valence-electron chi connectivity index (χ1n) is 17.1. The van der Waals surface area contributed by atoms with Gasteiger partial charge < -0.3 is 25.7 Å². The van der Waals surface area contributed by atoms with Crippen LogP contribution >= 0.6 is 0 Å². The van der Waals surface area contributed by atoms with Crippen LogP contribution < -0.4 is 25.6 Å². The van der Waals surface area contributed by atoms with Gasteiger partial charge in [-0.3, -0.25) is 18.6 Å². The molecule has 0 radical (unpaired) electrons. The van der Waals surface area contributed by atoms with Crippen LogP contribution in [0, 0.1) is 16.7 Å². The Balaban J connectivity index is 1.12. The molecule has 15 nitrogen and oxygen atoms in total. The van der Waals surface area contributed by atoms with E-state index in [1.807, 2.05) is 74.8 Å². The summed E-state index contributed by atoms with van der Waals surface area (Å²) in [5.74, 6) is 1.91. The number of fused-ring (bicyclic) bond motifs is 2. The predicted octanol–water partition coefficient (Wildman–Crippen LogP) is 4.93. The number of carbonyl (C=O) groups is 1. The molecule has 0 saturated carbocycles. The summed E-state index contributed by atoms with van der Waals surface area (Å²) in [4.78, 5) is 15.6. The minimum atomic E-state index is -3.46. The molecule has 0 spiro atoms. The molecule has 272 valence electrons. The molecule has 2 atom stereocenters. The lowest BCUT2D eigenvalue weighted by Crippen LogP contribution is -2.41. The smallest absolute Gasteiger partial charge is 0.320 e. The van der Waals surface area contributed by atoms with Gasteiger partial charge in [-0.05, 0) is 54.9 Å². The highest BCUT2D eigenvalue weighted by Crippen LogP contribution is 2.39. The summed E-state index contributed by atoms with van der Waals surface area (Å²) in [5.41, 5.74) is 3.31. The molecule has 4 aromatic rings. The third kappa shape index (κ3) is 9.05. The largest absolute Gasteiger partial charge is 0.484 e. The Morgan fingerprint density at radius 3 is 2.47 bits per heavy atom. The van der Waals surface area contributed by atoms with Crippen molar-refractivity contribution in [1.29, 1.82) is 5.41 Å². The van der Waals surface area contributed by atoms with Gasteiger partial charge in [-0.1, -0.05) is 45.0 Å². The van der Waals surface area contributed by atoms with E-state index in [-0.39, 0.29) is 24.7 Å². The van der Waals surface area contributed by atoms with E-state index in [2.05, 4.69) is 36.1 Å². The Morgan fingerprint density at radius 2 is 1.78 bits per heavy atom. The second-order valence-electron chi connectivity index (χ2n) is 14.2. The highest BCUT2D eigenvalue weighted by molar-refractivity contribution is 7.85. The number of rotatable bonds is 11. The maximum atomic E-state index is 13.4. The van der Waals surface area contributed by atoms with Gasteiger partial charge in [0.25, 0.3) is 10.1 Å². The van der Waals surface area contributed by atoms with Crippen LogP contribution in [0.1, 0.15) is 69.7 Å². The zero-order valence-electron chi connectivity index (χ0n) is 29.6. The molecular formula is C35H46N10O5S. The third-order valence-electron chi connectivity index (χ3n) is 9.12. The number of benzene rings is 1. The highest BCUT2D eigenvalue weighted by Gasteiger charge is 2.30. The molecule has 1 aromatic carbocycles. The fourth-order valence-corrected chi connectivity index (χ4v) is 6.71. The number of hydrogen-bond donors (Lipinski definition) is 4. The normalized spacial score (nSPS) is 18.7. The van der Waals surface area contributed by atoms with Crippen molar-refractivity contribution in [2.24, 2.45) is 18.4 Å². The van der Waals surface area contributed by atoms with E-state index in [4.69, 9.17) is 14.3 Å². The van der Waals surface area contributed by atoms with Crippen LogP contribution in [0.3, 0.4) is 0 Å². The van der Waals surface area contributed by atoms with Gasteiger partial charge in [-0.15, -0.1) is 10.2 Å². The monoisotopic (exact) mass is 718 g/mol. The molecule has 1 fully saturated rings. The summed E-state index contributed by atoms with van der Waals surface area (Å²) in [6.45, 7) is 7.44. The van der Waals surface area contributed by atoms with Gasteiger partial charge in [0.2, 0.25) is 5.95 Å². The minimum Gasteiger partial charge on any atom is -0.484 e. The average Bonchev–Trinajstić information content (AvgIpc) is 3.69. The topological polar surface area (TPSA) is 181 Å². The molecular weight excluding hydrogens is 673 g/mol. The standard InChI is InChI=1S/C35H46N10O5S/c1-35(2,3)30(36)18-31(38-24-19-37-43(4)20-24)40-33(46)39-28-11-12-29(27-9-7-6-8-26(27)28)50-25-10-13-32-41-42-34(45(32)21-25)44-16-14-23(15-17-44)22-49-51(5,47)48/h6-10,13,18-21,23,28-29,36,38H,11-12,14-17,22H2,1-5H3,(H2,39,40,46)/b31-18+,36-30?/t28-,29+/m0/s1. The number of anilines is 2. The number of ether oxygens (including phenoxy) is 1. The first-order valence-corrected chi connectivity index (χ1v) is 18.9. The fourth-order valence-electron chi connectivity index (χ4n) is 6.27. The van der Waals surface area contributed by atoms with Crippen LogP contribution in [0.2, 0.25) is 0 Å². The molecule has 4 heterocycles. The second kappa shape index (κ2) is 14.7. The Morgan fingerprint density at radius 1 is 1.04 bits per heavy atom. The molecule has 16 heteroatoms. The maximum absolute atomic E-state index is 13.4. The molecule has 0 bridgehead atoms. The molecule has 1 aliphatic carbocycles. The number of amides is 2. The van der Waals surface area contributed by atoms with Crippen molar-refractivity contribution in [1.82, 2.24) is 35.0 Å². The molecule has 2 aliphatic rings. The first kappa shape index (κ1) is 35.9.